The standard InChI is InChI=1S/C19H18FN5OS/c20-13-4-6-14(7-5-13)24-9-11-25(12-10-24)19(26)18-16(21)17(23-27-18)15-3-1-2-8-22-15/h1-8H,9-12,21H2. The van der Waals surface area contributed by atoms with Crippen LogP contribution >= 0.6 is 11.5 Å². The minimum absolute atomic E-state index is 0.106. The van der Waals surface area contributed by atoms with E-state index in [0.717, 1.165) is 17.2 Å². The Balaban J connectivity index is 1.45. The fraction of sp³-hybridized carbons (Fsp3) is 0.211. The van der Waals surface area contributed by atoms with E-state index < -0.39 is 0 Å². The Labute approximate surface area is 160 Å². The lowest BCUT2D eigenvalue weighted by atomic mass is 10.2. The van der Waals surface area contributed by atoms with Crippen molar-refractivity contribution < 1.29 is 9.18 Å². The smallest absolute Gasteiger partial charge is 0.267 e. The van der Waals surface area contributed by atoms with Crippen molar-refractivity contribution in [3.63, 3.8) is 0 Å². The van der Waals surface area contributed by atoms with Gasteiger partial charge in [0.15, 0.2) is 0 Å². The van der Waals surface area contributed by atoms with E-state index in [1.165, 1.54) is 12.1 Å². The summed E-state index contributed by atoms with van der Waals surface area (Å²) in [5.41, 5.74) is 8.73. The maximum Gasteiger partial charge on any atom is 0.267 e. The minimum atomic E-state index is -0.253. The molecule has 1 saturated heterocycles. The molecule has 1 fully saturated rings. The summed E-state index contributed by atoms with van der Waals surface area (Å²) >= 11 is 1.11. The molecule has 27 heavy (non-hydrogen) atoms. The molecule has 2 N–H and O–H groups in total. The molecule has 0 unspecified atom stereocenters. The molecule has 2 aromatic heterocycles. The summed E-state index contributed by atoms with van der Waals surface area (Å²) in [6.45, 7) is 2.52. The first-order valence-electron chi connectivity index (χ1n) is 8.60. The highest BCUT2D eigenvalue weighted by molar-refractivity contribution is 7.09. The molecule has 138 valence electrons. The van der Waals surface area contributed by atoms with Crippen molar-refractivity contribution in [1.82, 2.24) is 14.3 Å². The van der Waals surface area contributed by atoms with Crippen LogP contribution in [0.3, 0.4) is 0 Å². The van der Waals surface area contributed by atoms with Crippen LogP contribution < -0.4 is 10.6 Å². The molecule has 6 nitrogen and oxygen atoms in total. The molecule has 0 atom stereocenters. The number of halogens is 1. The van der Waals surface area contributed by atoms with Gasteiger partial charge in [-0.15, -0.1) is 0 Å². The van der Waals surface area contributed by atoms with E-state index in [0.29, 0.717) is 48.1 Å². The second kappa shape index (κ2) is 7.32. The van der Waals surface area contributed by atoms with Gasteiger partial charge >= 0.3 is 0 Å². The van der Waals surface area contributed by atoms with Gasteiger partial charge in [0.2, 0.25) is 0 Å². The lowest BCUT2D eigenvalue weighted by Crippen LogP contribution is -2.48. The van der Waals surface area contributed by atoms with E-state index in [9.17, 15) is 9.18 Å². The number of nitrogen functional groups attached to an aromatic ring is 1. The van der Waals surface area contributed by atoms with Gasteiger partial charge in [0, 0.05) is 38.1 Å². The second-order valence-corrected chi connectivity index (χ2v) is 7.02. The van der Waals surface area contributed by atoms with Crippen LogP contribution in [0, 0.1) is 5.82 Å². The molecule has 0 radical (unpaired) electrons. The average Bonchev–Trinajstić information content (AvgIpc) is 3.10. The van der Waals surface area contributed by atoms with Gasteiger partial charge in [0.05, 0.1) is 11.4 Å². The SMILES string of the molecule is Nc1c(-c2ccccn2)nsc1C(=O)N1CCN(c2ccc(F)cc2)CC1. The van der Waals surface area contributed by atoms with Crippen molar-refractivity contribution in [2.75, 3.05) is 36.8 Å². The zero-order chi connectivity index (χ0) is 18.8. The van der Waals surface area contributed by atoms with Crippen molar-refractivity contribution in [1.29, 1.82) is 0 Å². The normalized spacial score (nSPS) is 14.4. The predicted molar refractivity (Wildman–Crippen MR) is 104 cm³/mol. The third kappa shape index (κ3) is 3.48. The number of nitrogens with two attached hydrogens (primary N) is 1. The summed E-state index contributed by atoms with van der Waals surface area (Å²) in [4.78, 5) is 21.5. The first-order chi connectivity index (χ1) is 13.1. The van der Waals surface area contributed by atoms with Crippen molar-refractivity contribution in [3.8, 4) is 11.4 Å². The molecule has 1 aromatic carbocycles. The summed E-state index contributed by atoms with van der Waals surface area (Å²) in [7, 11) is 0. The Bertz CT molecular complexity index is 936. The van der Waals surface area contributed by atoms with Crippen LogP contribution in [-0.4, -0.2) is 46.3 Å². The van der Waals surface area contributed by atoms with E-state index in [1.54, 1.807) is 23.2 Å². The molecule has 0 spiro atoms. The molecule has 0 aliphatic carbocycles. The molecular weight excluding hydrogens is 365 g/mol. The Morgan fingerprint density at radius 2 is 1.81 bits per heavy atom. The van der Waals surface area contributed by atoms with Gasteiger partial charge in [0.25, 0.3) is 5.91 Å². The number of rotatable bonds is 3. The molecule has 3 heterocycles. The van der Waals surface area contributed by atoms with Gasteiger partial charge < -0.3 is 15.5 Å². The number of carbonyl (C=O) groups excluding carboxylic acids is 1. The number of hydrogen-bond acceptors (Lipinski definition) is 6. The largest absolute Gasteiger partial charge is 0.396 e. The van der Waals surface area contributed by atoms with E-state index in [1.807, 2.05) is 18.2 Å². The molecule has 0 saturated carbocycles. The number of hydrogen-bond donors (Lipinski definition) is 1. The zero-order valence-corrected chi connectivity index (χ0v) is 15.3. The van der Waals surface area contributed by atoms with Crippen LogP contribution in [0.4, 0.5) is 15.8 Å². The quantitative estimate of drug-likeness (QED) is 0.753. The third-order valence-electron chi connectivity index (χ3n) is 4.59. The highest BCUT2D eigenvalue weighted by Gasteiger charge is 2.27. The third-order valence-corrected chi connectivity index (χ3v) is 5.44. The molecule has 8 heteroatoms. The topological polar surface area (TPSA) is 75.3 Å². The molecule has 0 bridgehead atoms. The van der Waals surface area contributed by atoms with Crippen molar-refractivity contribution in [3.05, 3.63) is 59.4 Å². The first-order valence-corrected chi connectivity index (χ1v) is 9.37. The van der Waals surface area contributed by atoms with Gasteiger partial charge in [-0.3, -0.25) is 9.78 Å². The predicted octanol–water partition coefficient (Wildman–Crippen LogP) is 2.89. The number of anilines is 2. The molecule has 1 amide bonds. The fourth-order valence-corrected chi connectivity index (χ4v) is 3.88. The van der Waals surface area contributed by atoms with Crippen molar-refractivity contribution >= 4 is 28.8 Å². The summed E-state index contributed by atoms with van der Waals surface area (Å²) < 4.78 is 17.4. The number of amides is 1. The molecule has 3 aromatic rings. The summed E-state index contributed by atoms with van der Waals surface area (Å²) in [5, 5.41) is 0. The van der Waals surface area contributed by atoms with E-state index in [2.05, 4.69) is 14.3 Å². The van der Waals surface area contributed by atoms with E-state index >= 15 is 0 Å². The number of aromatic nitrogens is 2. The maximum absolute atomic E-state index is 13.1. The molecule has 1 aliphatic heterocycles. The van der Waals surface area contributed by atoms with Crippen molar-refractivity contribution in [2.45, 2.75) is 0 Å². The van der Waals surface area contributed by atoms with Crippen LogP contribution in [0.15, 0.2) is 48.7 Å². The lowest BCUT2D eigenvalue weighted by molar-refractivity contribution is 0.0752. The van der Waals surface area contributed by atoms with Gasteiger partial charge in [0.1, 0.15) is 16.4 Å². The Morgan fingerprint density at radius 1 is 1.07 bits per heavy atom. The van der Waals surface area contributed by atoms with Crippen LogP contribution in [-0.2, 0) is 0 Å². The van der Waals surface area contributed by atoms with Crippen LogP contribution in [0.2, 0.25) is 0 Å². The maximum atomic E-state index is 13.1. The van der Waals surface area contributed by atoms with Gasteiger partial charge in [-0.25, -0.2) is 4.39 Å². The van der Waals surface area contributed by atoms with Crippen molar-refractivity contribution in [2.24, 2.45) is 0 Å². The number of carbonyl (C=O) groups is 1. The fourth-order valence-electron chi connectivity index (χ4n) is 3.10. The monoisotopic (exact) mass is 383 g/mol. The van der Waals surface area contributed by atoms with Crippen LogP contribution in [0.1, 0.15) is 9.67 Å². The van der Waals surface area contributed by atoms with E-state index in [-0.39, 0.29) is 11.7 Å². The second-order valence-electron chi connectivity index (χ2n) is 6.24. The number of pyridine rings is 1. The number of piperazine rings is 1. The van der Waals surface area contributed by atoms with E-state index in [4.69, 9.17) is 5.73 Å². The van der Waals surface area contributed by atoms with Crippen LogP contribution in [0.25, 0.3) is 11.4 Å². The molecule has 4 rings (SSSR count). The van der Waals surface area contributed by atoms with Crippen LogP contribution in [0.5, 0.6) is 0 Å². The first kappa shape index (κ1) is 17.4. The minimum Gasteiger partial charge on any atom is -0.396 e. The Hall–Kier alpha value is -3.00. The number of benzene rings is 1. The summed E-state index contributed by atoms with van der Waals surface area (Å²) in [6, 6.07) is 11.9. The molecule has 1 aliphatic rings. The highest BCUT2D eigenvalue weighted by atomic mass is 32.1. The molecular formula is C19H18FN5OS. The van der Waals surface area contributed by atoms with Gasteiger partial charge in [-0.05, 0) is 47.9 Å². The highest BCUT2D eigenvalue weighted by Crippen LogP contribution is 2.30. The zero-order valence-electron chi connectivity index (χ0n) is 14.5. The Kier molecular flexibility index (Phi) is 4.72. The summed E-state index contributed by atoms with van der Waals surface area (Å²) in [5.74, 6) is -0.358. The lowest BCUT2D eigenvalue weighted by Gasteiger charge is -2.36. The van der Waals surface area contributed by atoms with Gasteiger partial charge in [-0.2, -0.15) is 4.37 Å². The number of nitrogens with zero attached hydrogens (tertiary/aromatic N) is 4. The summed E-state index contributed by atoms with van der Waals surface area (Å²) in [6.07, 6.45) is 1.67. The Morgan fingerprint density at radius 3 is 2.48 bits per heavy atom. The average molecular weight is 383 g/mol. The van der Waals surface area contributed by atoms with Gasteiger partial charge in [-0.1, -0.05) is 6.07 Å².